The summed E-state index contributed by atoms with van der Waals surface area (Å²) in [4.78, 5) is 13.0. The molecule has 0 saturated heterocycles. The summed E-state index contributed by atoms with van der Waals surface area (Å²) in [6.45, 7) is 3.17. The standard InChI is InChI=1S/C28H35N3O4S/c1-3-17-35-24-15-11-21(12-16-24)29-26(32)18-25-27(33)31(22-7-5-4-6-8-22)28(36)30(25)19-20-9-13-23(34-2)14-10-20/h9-16,22,33H,3-8,17-19H2,1-2H3,(H,29,32). The van der Waals surface area contributed by atoms with Crippen LogP contribution >= 0.6 is 12.2 Å². The Bertz CT molecular complexity index is 1210. The lowest BCUT2D eigenvalue weighted by atomic mass is 9.95. The van der Waals surface area contributed by atoms with E-state index in [1.54, 1.807) is 7.11 Å². The van der Waals surface area contributed by atoms with Crippen LogP contribution in [0.5, 0.6) is 17.4 Å². The molecule has 0 aliphatic heterocycles. The van der Waals surface area contributed by atoms with Crippen LogP contribution in [-0.4, -0.2) is 33.9 Å². The number of carbonyl (C=O) groups is 1. The fraction of sp³-hybridized carbons (Fsp3) is 0.429. The number of hydrogen-bond donors (Lipinski definition) is 2. The van der Waals surface area contributed by atoms with Gasteiger partial charge in [0.05, 0.1) is 32.4 Å². The van der Waals surface area contributed by atoms with Crippen molar-refractivity contribution in [3.63, 3.8) is 0 Å². The summed E-state index contributed by atoms with van der Waals surface area (Å²) in [5.74, 6) is 1.42. The second-order valence-electron chi connectivity index (χ2n) is 9.25. The molecule has 7 nitrogen and oxygen atoms in total. The summed E-state index contributed by atoms with van der Waals surface area (Å²) in [6, 6.07) is 15.2. The summed E-state index contributed by atoms with van der Waals surface area (Å²) >= 11 is 5.86. The summed E-state index contributed by atoms with van der Waals surface area (Å²) in [6.07, 6.45) is 6.34. The molecule has 3 aromatic rings. The summed E-state index contributed by atoms with van der Waals surface area (Å²) in [5.41, 5.74) is 2.22. The molecule has 8 heteroatoms. The van der Waals surface area contributed by atoms with Crippen LogP contribution in [0.25, 0.3) is 0 Å². The van der Waals surface area contributed by atoms with Crippen LogP contribution < -0.4 is 14.8 Å². The molecule has 1 amide bonds. The monoisotopic (exact) mass is 509 g/mol. The van der Waals surface area contributed by atoms with Gasteiger partial charge in [-0.25, -0.2) is 0 Å². The predicted molar refractivity (Wildman–Crippen MR) is 144 cm³/mol. The van der Waals surface area contributed by atoms with Gasteiger partial charge in [0.1, 0.15) is 11.5 Å². The van der Waals surface area contributed by atoms with Crippen molar-refractivity contribution in [3.8, 4) is 17.4 Å². The van der Waals surface area contributed by atoms with E-state index < -0.39 is 0 Å². The van der Waals surface area contributed by atoms with Crippen molar-refractivity contribution >= 4 is 23.8 Å². The van der Waals surface area contributed by atoms with Crippen LogP contribution in [0.3, 0.4) is 0 Å². The first-order chi connectivity index (χ1) is 17.5. The number of aromatic hydroxyl groups is 1. The highest BCUT2D eigenvalue weighted by atomic mass is 32.1. The van der Waals surface area contributed by atoms with Gasteiger partial charge in [-0.15, -0.1) is 0 Å². The smallest absolute Gasteiger partial charge is 0.230 e. The number of benzene rings is 2. The van der Waals surface area contributed by atoms with E-state index in [1.165, 1.54) is 6.42 Å². The lowest BCUT2D eigenvalue weighted by Crippen LogP contribution is -2.17. The molecule has 1 aliphatic carbocycles. The van der Waals surface area contributed by atoms with Crippen LogP contribution in [-0.2, 0) is 17.8 Å². The van der Waals surface area contributed by atoms with Crippen molar-refractivity contribution in [1.82, 2.24) is 9.13 Å². The molecular formula is C28H35N3O4S. The molecule has 0 spiro atoms. The number of methoxy groups -OCH3 is 1. The fourth-order valence-corrected chi connectivity index (χ4v) is 5.14. The molecule has 0 atom stereocenters. The highest BCUT2D eigenvalue weighted by Crippen LogP contribution is 2.35. The van der Waals surface area contributed by atoms with Gasteiger partial charge in [0.25, 0.3) is 0 Å². The van der Waals surface area contributed by atoms with Gasteiger partial charge in [-0.05, 0) is 73.4 Å². The van der Waals surface area contributed by atoms with Gasteiger partial charge in [-0.2, -0.15) is 0 Å². The number of imidazole rings is 1. The molecule has 1 aromatic heterocycles. The quantitative estimate of drug-likeness (QED) is 0.316. The third-order valence-corrected chi connectivity index (χ3v) is 7.04. The highest BCUT2D eigenvalue weighted by Gasteiger charge is 2.26. The first kappa shape index (κ1) is 25.8. The number of nitrogens with one attached hydrogen (secondary N) is 1. The molecule has 0 bridgehead atoms. The van der Waals surface area contributed by atoms with Gasteiger partial charge in [-0.3, -0.25) is 9.36 Å². The van der Waals surface area contributed by atoms with Crippen LogP contribution in [0.15, 0.2) is 48.5 Å². The number of carbonyl (C=O) groups excluding carboxylic acids is 1. The molecular weight excluding hydrogens is 474 g/mol. The SMILES string of the molecule is CCCOc1ccc(NC(=O)Cc2c(O)n(C3CCCCC3)c(=S)n2Cc2ccc(OC)cc2)cc1. The normalized spacial score (nSPS) is 13.9. The molecule has 4 rings (SSSR count). The van der Waals surface area contributed by atoms with E-state index in [1.807, 2.05) is 57.7 Å². The van der Waals surface area contributed by atoms with Gasteiger partial charge in [-0.1, -0.05) is 38.3 Å². The third-order valence-electron chi connectivity index (χ3n) is 6.63. The molecule has 0 radical (unpaired) electrons. The van der Waals surface area contributed by atoms with Gasteiger partial charge in [0, 0.05) is 11.7 Å². The molecule has 2 aromatic carbocycles. The minimum atomic E-state index is -0.216. The van der Waals surface area contributed by atoms with Crippen molar-refractivity contribution in [3.05, 3.63) is 64.6 Å². The van der Waals surface area contributed by atoms with Crippen LogP contribution in [0.4, 0.5) is 5.69 Å². The average molecular weight is 510 g/mol. The highest BCUT2D eigenvalue weighted by molar-refractivity contribution is 7.71. The summed E-state index contributed by atoms with van der Waals surface area (Å²) in [5, 5.41) is 14.2. The Morgan fingerprint density at radius 1 is 1.06 bits per heavy atom. The lowest BCUT2D eigenvalue weighted by molar-refractivity contribution is -0.115. The Morgan fingerprint density at radius 3 is 2.36 bits per heavy atom. The number of ether oxygens (including phenoxy) is 2. The Labute approximate surface area is 217 Å². The zero-order chi connectivity index (χ0) is 25.5. The van der Waals surface area contributed by atoms with Crippen molar-refractivity contribution in [1.29, 1.82) is 0 Å². The molecule has 0 unspecified atom stereocenters. The average Bonchev–Trinajstić information content (AvgIpc) is 3.13. The van der Waals surface area contributed by atoms with Gasteiger partial charge >= 0.3 is 0 Å². The first-order valence-electron chi connectivity index (χ1n) is 12.7. The molecule has 1 saturated carbocycles. The van der Waals surface area contributed by atoms with E-state index in [0.717, 1.165) is 49.2 Å². The lowest BCUT2D eigenvalue weighted by Gasteiger charge is -2.23. The maximum absolute atomic E-state index is 13.0. The minimum Gasteiger partial charge on any atom is -0.497 e. The number of nitrogens with zero attached hydrogens (tertiary/aromatic N) is 2. The summed E-state index contributed by atoms with van der Waals surface area (Å²) in [7, 11) is 1.63. The fourth-order valence-electron chi connectivity index (χ4n) is 4.73. The van der Waals surface area contributed by atoms with Crippen molar-refractivity contribution in [2.75, 3.05) is 19.0 Å². The number of rotatable bonds is 10. The molecule has 36 heavy (non-hydrogen) atoms. The Hall–Kier alpha value is -3.26. The topological polar surface area (TPSA) is 77.7 Å². The van der Waals surface area contributed by atoms with E-state index in [0.29, 0.717) is 29.3 Å². The van der Waals surface area contributed by atoms with Gasteiger partial charge in [0.2, 0.25) is 11.8 Å². The maximum atomic E-state index is 13.0. The number of anilines is 1. The second-order valence-corrected chi connectivity index (χ2v) is 9.61. The van der Waals surface area contributed by atoms with Crippen molar-refractivity contribution < 1.29 is 19.4 Å². The summed E-state index contributed by atoms with van der Waals surface area (Å²) < 4.78 is 15.2. The van der Waals surface area contributed by atoms with Crippen molar-refractivity contribution in [2.45, 2.75) is 64.5 Å². The van der Waals surface area contributed by atoms with E-state index in [2.05, 4.69) is 12.2 Å². The molecule has 2 N–H and O–H groups in total. The number of aromatic nitrogens is 2. The molecule has 192 valence electrons. The van der Waals surface area contributed by atoms with Crippen molar-refractivity contribution in [2.24, 2.45) is 0 Å². The largest absolute Gasteiger partial charge is 0.497 e. The molecule has 1 heterocycles. The van der Waals surface area contributed by atoms with Gasteiger partial charge in [0.15, 0.2) is 4.77 Å². The molecule has 1 aliphatic rings. The third kappa shape index (κ3) is 6.10. The van der Waals surface area contributed by atoms with Crippen LogP contribution in [0.2, 0.25) is 0 Å². The first-order valence-corrected chi connectivity index (χ1v) is 13.1. The van der Waals surface area contributed by atoms with E-state index in [-0.39, 0.29) is 24.2 Å². The zero-order valence-electron chi connectivity index (χ0n) is 21.0. The Kier molecular flexibility index (Phi) is 8.70. The van der Waals surface area contributed by atoms with Gasteiger partial charge < -0.3 is 24.5 Å². The van der Waals surface area contributed by atoms with Crippen LogP contribution in [0.1, 0.15) is 62.7 Å². The second kappa shape index (κ2) is 12.1. The predicted octanol–water partition coefficient (Wildman–Crippen LogP) is 6.26. The Morgan fingerprint density at radius 2 is 1.72 bits per heavy atom. The minimum absolute atomic E-state index is 0.0133. The molecule has 1 fully saturated rings. The maximum Gasteiger partial charge on any atom is 0.230 e. The zero-order valence-corrected chi connectivity index (χ0v) is 21.9. The van der Waals surface area contributed by atoms with Crippen LogP contribution in [0, 0.1) is 4.77 Å². The van der Waals surface area contributed by atoms with E-state index >= 15 is 0 Å². The Balaban J connectivity index is 1.58. The van der Waals surface area contributed by atoms with E-state index in [4.69, 9.17) is 21.7 Å². The number of amides is 1. The van der Waals surface area contributed by atoms with E-state index in [9.17, 15) is 9.90 Å². The number of hydrogen-bond acceptors (Lipinski definition) is 5.